The second-order valence-corrected chi connectivity index (χ2v) is 5.50. The van der Waals surface area contributed by atoms with Crippen molar-refractivity contribution in [3.05, 3.63) is 29.6 Å². The van der Waals surface area contributed by atoms with E-state index in [-0.39, 0.29) is 17.4 Å². The summed E-state index contributed by atoms with van der Waals surface area (Å²) in [5.74, 6) is -0.512. The summed E-state index contributed by atoms with van der Waals surface area (Å²) >= 11 is 5.89. The molecule has 0 aliphatic carbocycles. The van der Waals surface area contributed by atoms with E-state index in [1.165, 1.54) is 6.07 Å². The molecule has 2 aromatic rings. The number of hydrogen-bond acceptors (Lipinski definition) is 2. The number of imidazole rings is 1. The molecular weight excluding hydrogens is 284 g/mol. The first-order valence-electron chi connectivity index (χ1n) is 6.50. The molecule has 0 amide bonds. The van der Waals surface area contributed by atoms with Gasteiger partial charge in [-0.05, 0) is 40.1 Å². The highest BCUT2D eigenvalue weighted by Gasteiger charge is 2.18. The minimum Gasteiger partial charge on any atom is -0.324 e. The van der Waals surface area contributed by atoms with Gasteiger partial charge in [0.05, 0.1) is 11.4 Å². The van der Waals surface area contributed by atoms with Crippen molar-refractivity contribution < 1.29 is 8.78 Å². The Labute approximate surface area is 122 Å². The molecule has 0 fully saturated rings. The zero-order chi connectivity index (χ0) is 14.9. The Morgan fingerprint density at radius 3 is 2.65 bits per heavy atom. The Bertz CT molecular complexity index is 610. The van der Waals surface area contributed by atoms with Crippen LogP contribution in [0.1, 0.15) is 25.2 Å². The third kappa shape index (κ3) is 2.94. The van der Waals surface area contributed by atoms with Crippen LogP contribution in [0.15, 0.2) is 12.1 Å². The topological polar surface area (TPSA) is 21.1 Å². The summed E-state index contributed by atoms with van der Waals surface area (Å²) in [7, 11) is 3.97. The van der Waals surface area contributed by atoms with Crippen molar-refractivity contribution in [1.82, 2.24) is 14.5 Å². The third-order valence-electron chi connectivity index (χ3n) is 3.34. The van der Waals surface area contributed by atoms with E-state index in [0.717, 1.165) is 19.0 Å². The van der Waals surface area contributed by atoms with Crippen molar-refractivity contribution in [2.75, 3.05) is 20.6 Å². The Morgan fingerprint density at radius 1 is 1.35 bits per heavy atom. The molecule has 0 spiro atoms. The number of benzene rings is 1. The van der Waals surface area contributed by atoms with Gasteiger partial charge in [-0.15, -0.1) is 11.6 Å². The Balaban J connectivity index is 2.49. The molecule has 2 rings (SSSR count). The molecule has 0 bridgehead atoms. The SMILES string of the molecule is CC(CCN(C)C)n1c(CCl)nc2c(F)cc(F)cc21. The molecule has 3 nitrogen and oxygen atoms in total. The van der Waals surface area contributed by atoms with E-state index in [0.29, 0.717) is 11.3 Å². The van der Waals surface area contributed by atoms with Crippen LogP contribution >= 0.6 is 11.6 Å². The normalized spacial score (nSPS) is 13.3. The number of fused-ring (bicyclic) bond motifs is 1. The van der Waals surface area contributed by atoms with Gasteiger partial charge >= 0.3 is 0 Å². The molecule has 0 N–H and O–H groups in total. The first kappa shape index (κ1) is 15.2. The molecule has 6 heteroatoms. The van der Waals surface area contributed by atoms with Crippen molar-refractivity contribution >= 4 is 22.6 Å². The minimum absolute atomic E-state index is 0.0670. The largest absolute Gasteiger partial charge is 0.324 e. The maximum Gasteiger partial charge on any atom is 0.153 e. The Hall–Kier alpha value is -1.20. The van der Waals surface area contributed by atoms with Crippen LogP contribution in [0.2, 0.25) is 0 Å². The van der Waals surface area contributed by atoms with E-state index in [1.807, 2.05) is 25.6 Å². The first-order chi connectivity index (χ1) is 9.43. The molecule has 1 heterocycles. The lowest BCUT2D eigenvalue weighted by Crippen LogP contribution is -2.18. The van der Waals surface area contributed by atoms with Crippen LogP contribution in [0.3, 0.4) is 0 Å². The van der Waals surface area contributed by atoms with Gasteiger partial charge in [0.1, 0.15) is 17.2 Å². The van der Waals surface area contributed by atoms with Crippen LogP contribution in [0.5, 0.6) is 0 Å². The molecule has 1 aromatic carbocycles. The molecule has 0 radical (unpaired) electrons. The summed E-state index contributed by atoms with van der Waals surface area (Å²) in [4.78, 5) is 6.26. The van der Waals surface area contributed by atoms with E-state index in [4.69, 9.17) is 11.6 Å². The fourth-order valence-electron chi connectivity index (χ4n) is 2.33. The van der Waals surface area contributed by atoms with Crippen molar-refractivity contribution in [2.24, 2.45) is 0 Å². The predicted octanol–water partition coefficient (Wildman–Crippen LogP) is 3.57. The van der Waals surface area contributed by atoms with Gasteiger partial charge in [0.2, 0.25) is 0 Å². The standard InChI is InChI=1S/C14H18ClF2N3/c1-9(4-5-19(2)3)20-12-7-10(16)6-11(17)14(12)18-13(20)8-15/h6-7,9H,4-5,8H2,1-3H3. The lowest BCUT2D eigenvalue weighted by Gasteiger charge is -2.19. The monoisotopic (exact) mass is 301 g/mol. The van der Waals surface area contributed by atoms with Gasteiger partial charge in [0.25, 0.3) is 0 Å². The van der Waals surface area contributed by atoms with E-state index < -0.39 is 11.6 Å². The third-order valence-corrected chi connectivity index (χ3v) is 3.58. The van der Waals surface area contributed by atoms with Gasteiger partial charge in [-0.1, -0.05) is 0 Å². The minimum atomic E-state index is -0.648. The van der Waals surface area contributed by atoms with Gasteiger partial charge in [0.15, 0.2) is 5.82 Å². The molecule has 110 valence electrons. The number of halogens is 3. The first-order valence-corrected chi connectivity index (χ1v) is 7.04. The molecule has 1 atom stereocenters. The van der Waals surface area contributed by atoms with Crippen LogP contribution in [-0.2, 0) is 5.88 Å². The number of rotatable bonds is 5. The lowest BCUT2D eigenvalue weighted by atomic mass is 10.2. The van der Waals surface area contributed by atoms with Crippen molar-refractivity contribution in [2.45, 2.75) is 25.3 Å². The molecule has 0 aliphatic rings. The quantitative estimate of drug-likeness (QED) is 0.787. The average Bonchev–Trinajstić information content (AvgIpc) is 2.74. The number of nitrogens with zero attached hydrogens (tertiary/aromatic N) is 3. The van der Waals surface area contributed by atoms with Crippen molar-refractivity contribution in [3.63, 3.8) is 0 Å². The van der Waals surface area contributed by atoms with Gasteiger partial charge in [0, 0.05) is 12.1 Å². The summed E-state index contributed by atoms with van der Waals surface area (Å²) in [5.41, 5.74) is 0.642. The smallest absolute Gasteiger partial charge is 0.153 e. The summed E-state index contributed by atoms with van der Waals surface area (Å²) in [6, 6.07) is 2.23. The Morgan fingerprint density at radius 2 is 2.05 bits per heavy atom. The summed E-state index contributed by atoms with van der Waals surface area (Å²) in [5, 5.41) is 0. The molecule has 0 aliphatic heterocycles. The lowest BCUT2D eigenvalue weighted by molar-refractivity contribution is 0.358. The average molecular weight is 302 g/mol. The van der Waals surface area contributed by atoms with Gasteiger partial charge in [-0.2, -0.15) is 0 Å². The Kier molecular flexibility index (Phi) is 4.60. The fraction of sp³-hybridized carbons (Fsp3) is 0.500. The maximum atomic E-state index is 13.8. The van der Waals surface area contributed by atoms with Crippen molar-refractivity contribution in [3.8, 4) is 0 Å². The maximum absolute atomic E-state index is 13.8. The highest BCUT2D eigenvalue weighted by molar-refractivity contribution is 6.16. The zero-order valence-corrected chi connectivity index (χ0v) is 12.6. The van der Waals surface area contributed by atoms with Gasteiger partial charge in [-0.3, -0.25) is 0 Å². The number of hydrogen-bond donors (Lipinski definition) is 0. The summed E-state index contributed by atoms with van der Waals surface area (Å²) in [6.45, 7) is 2.88. The fourth-order valence-corrected chi connectivity index (χ4v) is 2.52. The van der Waals surface area contributed by atoms with E-state index in [9.17, 15) is 8.78 Å². The van der Waals surface area contributed by atoms with Crippen LogP contribution < -0.4 is 0 Å². The molecule has 0 saturated carbocycles. The van der Waals surface area contributed by atoms with E-state index in [1.54, 1.807) is 0 Å². The van der Waals surface area contributed by atoms with Gasteiger partial charge in [-0.25, -0.2) is 13.8 Å². The van der Waals surface area contributed by atoms with E-state index in [2.05, 4.69) is 9.88 Å². The van der Waals surface area contributed by atoms with Gasteiger partial charge < -0.3 is 9.47 Å². The highest BCUT2D eigenvalue weighted by atomic mass is 35.5. The second kappa shape index (κ2) is 6.06. The molecule has 20 heavy (non-hydrogen) atoms. The second-order valence-electron chi connectivity index (χ2n) is 5.23. The predicted molar refractivity (Wildman–Crippen MR) is 77.1 cm³/mol. The van der Waals surface area contributed by atoms with Crippen LogP contribution in [0.4, 0.5) is 8.78 Å². The summed E-state index contributed by atoms with van der Waals surface area (Å²) < 4.78 is 29.1. The zero-order valence-electron chi connectivity index (χ0n) is 11.8. The molecule has 1 unspecified atom stereocenters. The summed E-state index contributed by atoms with van der Waals surface area (Å²) in [6.07, 6.45) is 0.848. The highest BCUT2D eigenvalue weighted by Crippen LogP contribution is 2.26. The molecule has 0 saturated heterocycles. The molecular formula is C14H18ClF2N3. The van der Waals surface area contributed by atoms with Crippen molar-refractivity contribution in [1.29, 1.82) is 0 Å². The van der Waals surface area contributed by atoms with Crippen LogP contribution in [-0.4, -0.2) is 35.1 Å². The van der Waals surface area contributed by atoms with E-state index >= 15 is 0 Å². The number of alkyl halides is 1. The van der Waals surface area contributed by atoms with Crippen LogP contribution in [0, 0.1) is 11.6 Å². The van der Waals surface area contributed by atoms with Crippen LogP contribution in [0.25, 0.3) is 11.0 Å². The number of aromatic nitrogens is 2. The molecule has 1 aromatic heterocycles.